The second kappa shape index (κ2) is 7.69. The SMILES string of the molecule is COc1cccc(CN2CCN(C)C[C@@H]2c2ccccc2)c1OC. The number of likely N-dealkylation sites (N-methyl/N-ethyl adjacent to an activating group) is 1. The minimum atomic E-state index is 0.390. The smallest absolute Gasteiger partial charge is 0.165 e. The highest BCUT2D eigenvalue weighted by atomic mass is 16.5. The van der Waals surface area contributed by atoms with Crippen LogP contribution in [0.2, 0.25) is 0 Å². The highest BCUT2D eigenvalue weighted by molar-refractivity contribution is 5.46. The second-order valence-electron chi connectivity index (χ2n) is 6.31. The van der Waals surface area contributed by atoms with Crippen molar-refractivity contribution < 1.29 is 9.47 Å². The van der Waals surface area contributed by atoms with E-state index in [1.807, 2.05) is 12.1 Å². The molecule has 1 aliphatic heterocycles. The molecule has 0 aromatic heterocycles. The maximum absolute atomic E-state index is 5.61. The summed E-state index contributed by atoms with van der Waals surface area (Å²) in [5.74, 6) is 1.63. The Balaban J connectivity index is 1.87. The van der Waals surface area contributed by atoms with Crippen molar-refractivity contribution >= 4 is 0 Å². The number of para-hydroxylation sites is 1. The van der Waals surface area contributed by atoms with Gasteiger partial charge in [0, 0.05) is 37.8 Å². The quantitative estimate of drug-likeness (QED) is 0.842. The lowest BCUT2D eigenvalue weighted by atomic mass is 10.0. The third-order valence-corrected chi connectivity index (χ3v) is 4.74. The van der Waals surface area contributed by atoms with Crippen LogP contribution in [0.5, 0.6) is 11.5 Å². The lowest BCUT2D eigenvalue weighted by Crippen LogP contribution is -2.46. The van der Waals surface area contributed by atoms with E-state index in [-0.39, 0.29) is 0 Å². The van der Waals surface area contributed by atoms with Crippen LogP contribution in [0.1, 0.15) is 17.2 Å². The molecule has 1 fully saturated rings. The molecule has 2 aromatic rings. The van der Waals surface area contributed by atoms with Crippen LogP contribution in [0.3, 0.4) is 0 Å². The van der Waals surface area contributed by atoms with E-state index in [2.05, 4.69) is 53.2 Å². The topological polar surface area (TPSA) is 24.9 Å². The molecule has 1 aliphatic rings. The fourth-order valence-corrected chi connectivity index (χ4v) is 3.43. The summed E-state index contributed by atoms with van der Waals surface area (Å²) in [6.07, 6.45) is 0. The number of hydrogen-bond donors (Lipinski definition) is 0. The monoisotopic (exact) mass is 326 g/mol. The minimum Gasteiger partial charge on any atom is -0.493 e. The van der Waals surface area contributed by atoms with Crippen LogP contribution in [0.4, 0.5) is 0 Å². The highest BCUT2D eigenvalue weighted by Crippen LogP contribution is 2.34. The third-order valence-electron chi connectivity index (χ3n) is 4.74. The van der Waals surface area contributed by atoms with Gasteiger partial charge in [0.15, 0.2) is 11.5 Å². The van der Waals surface area contributed by atoms with E-state index in [0.717, 1.165) is 37.7 Å². The molecule has 4 nitrogen and oxygen atoms in total. The van der Waals surface area contributed by atoms with Crippen molar-refractivity contribution in [2.24, 2.45) is 0 Å². The van der Waals surface area contributed by atoms with Crippen LogP contribution in [0.25, 0.3) is 0 Å². The summed E-state index contributed by atoms with van der Waals surface area (Å²) in [5.41, 5.74) is 2.54. The van der Waals surface area contributed by atoms with Gasteiger partial charge in [-0.25, -0.2) is 0 Å². The molecule has 128 valence electrons. The van der Waals surface area contributed by atoms with Crippen LogP contribution in [0, 0.1) is 0 Å². The molecule has 0 radical (unpaired) electrons. The maximum atomic E-state index is 5.61. The zero-order valence-corrected chi connectivity index (χ0v) is 14.7. The van der Waals surface area contributed by atoms with Crippen molar-refractivity contribution in [2.75, 3.05) is 40.9 Å². The molecule has 0 bridgehead atoms. The van der Waals surface area contributed by atoms with Crippen molar-refractivity contribution in [2.45, 2.75) is 12.6 Å². The molecule has 2 aromatic carbocycles. The van der Waals surface area contributed by atoms with Gasteiger partial charge in [0.1, 0.15) is 0 Å². The number of hydrogen-bond acceptors (Lipinski definition) is 4. The van der Waals surface area contributed by atoms with Crippen molar-refractivity contribution in [3.05, 3.63) is 59.7 Å². The Hall–Kier alpha value is -2.04. The number of piperazine rings is 1. The molecular formula is C20H26N2O2. The second-order valence-corrected chi connectivity index (χ2v) is 6.31. The standard InChI is InChI=1S/C20H26N2O2/c1-21-12-13-22(18(15-21)16-8-5-4-6-9-16)14-17-10-7-11-19(23-2)20(17)24-3/h4-11,18H,12-15H2,1-3H3/t18-/m1/s1. The van der Waals surface area contributed by atoms with E-state index >= 15 is 0 Å². The molecule has 24 heavy (non-hydrogen) atoms. The van der Waals surface area contributed by atoms with Crippen molar-refractivity contribution in [3.63, 3.8) is 0 Å². The first-order chi connectivity index (χ1) is 11.7. The van der Waals surface area contributed by atoms with Gasteiger partial charge >= 0.3 is 0 Å². The first-order valence-corrected chi connectivity index (χ1v) is 8.40. The fourth-order valence-electron chi connectivity index (χ4n) is 3.43. The van der Waals surface area contributed by atoms with Crippen LogP contribution in [-0.2, 0) is 6.54 Å². The van der Waals surface area contributed by atoms with Crippen LogP contribution in [0.15, 0.2) is 48.5 Å². The maximum Gasteiger partial charge on any atom is 0.165 e. The molecular weight excluding hydrogens is 300 g/mol. The van der Waals surface area contributed by atoms with E-state index in [0.29, 0.717) is 6.04 Å². The lowest BCUT2D eigenvalue weighted by molar-refractivity contribution is 0.0825. The first-order valence-electron chi connectivity index (χ1n) is 8.40. The highest BCUT2D eigenvalue weighted by Gasteiger charge is 2.27. The minimum absolute atomic E-state index is 0.390. The molecule has 0 amide bonds. The average Bonchev–Trinajstić information content (AvgIpc) is 2.63. The van der Waals surface area contributed by atoms with Crippen molar-refractivity contribution in [1.82, 2.24) is 9.80 Å². The van der Waals surface area contributed by atoms with Gasteiger partial charge in [-0.3, -0.25) is 4.90 Å². The van der Waals surface area contributed by atoms with Crippen molar-refractivity contribution in [3.8, 4) is 11.5 Å². The summed E-state index contributed by atoms with van der Waals surface area (Å²) in [5, 5.41) is 0. The van der Waals surface area contributed by atoms with E-state index in [4.69, 9.17) is 9.47 Å². The summed E-state index contributed by atoms with van der Waals surface area (Å²) in [6.45, 7) is 4.01. The summed E-state index contributed by atoms with van der Waals surface area (Å²) in [7, 11) is 5.59. The molecule has 0 saturated carbocycles. The number of benzene rings is 2. The van der Waals surface area contributed by atoms with Gasteiger partial charge in [0.2, 0.25) is 0 Å². The summed E-state index contributed by atoms with van der Waals surface area (Å²) >= 11 is 0. The molecule has 1 heterocycles. The van der Waals surface area contributed by atoms with Gasteiger partial charge in [0.25, 0.3) is 0 Å². The van der Waals surface area contributed by atoms with E-state index in [1.165, 1.54) is 11.1 Å². The summed E-state index contributed by atoms with van der Waals surface area (Å²) in [4.78, 5) is 4.93. The Morgan fingerprint density at radius 3 is 2.46 bits per heavy atom. The van der Waals surface area contributed by atoms with Gasteiger partial charge in [-0.1, -0.05) is 42.5 Å². The van der Waals surface area contributed by atoms with Crippen LogP contribution in [-0.4, -0.2) is 50.7 Å². The summed E-state index contributed by atoms with van der Waals surface area (Å²) in [6, 6.07) is 17.3. The van der Waals surface area contributed by atoms with E-state index in [9.17, 15) is 0 Å². The first kappa shape index (κ1) is 16.8. The normalized spacial score (nSPS) is 19.2. The molecule has 1 saturated heterocycles. The lowest BCUT2D eigenvalue weighted by Gasteiger charge is -2.40. The Morgan fingerprint density at radius 1 is 0.958 bits per heavy atom. The van der Waals surface area contributed by atoms with Gasteiger partial charge in [-0.05, 0) is 18.7 Å². The van der Waals surface area contributed by atoms with Crippen molar-refractivity contribution in [1.29, 1.82) is 0 Å². The predicted octanol–water partition coefficient (Wildman–Crippen LogP) is 3.19. The third kappa shape index (κ3) is 3.55. The van der Waals surface area contributed by atoms with Gasteiger partial charge in [-0.2, -0.15) is 0 Å². The number of ether oxygens (including phenoxy) is 2. The Morgan fingerprint density at radius 2 is 1.75 bits per heavy atom. The molecule has 1 atom stereocenters. The molecule has 0 unspecified atom stereocenters. The van der Waals surface area contributed by atoms with Gasteiger partial charge < -0.3 is 14.4 Å². The van der Waals surface area contributed by atoms with E-state index < -0.39 is 0 Å². The summed E-state index contributed by atoms with van der Waals surface area (Å²) < 4.78 is 11.1. The van der Waals surface area contributed by atoms with Crippen LogP contribution >= 0.6 is 0 Å². The van der Waals surface area contributed by atoms with Gasteiger partial charge in [-0.15, -0.1) is 0 Å². The largest absolute Gasteiger partial charge is 0.493 e. The Labute approximate surface area is 144 Å². The zero-order valence-electron chi connectivity index (χ0n) is 14.7. The molecule has 0 aliphatic carbocycles. The fraction of sp³-hybridized carbons (Fsp3) is 0.400. The molecule has 3 rings (SSSR count). The van der Waals surface area contributed by atoms with Crippen LogP contribution < -0.4 is 9.47 Å². The average molecular weight is 326 g/mol. The van der Waals surface area contributed by atoms with E-state index in [1.54, 1.807) is 14.2 Å². The molecule has 4 heteroatoms. The Kier molecular flexibility index (Phi) is 5.38. The number of methoxy groups -OCH3 is 2. The molecule has 0 N–H and O–H groups in total. The van der Waals surface area contributed by atoms with Gasteiger partial charge in [0.05, 0.1) is 14.2 Å². The molecule has 0 spiro atoms. The predicted molar refractivity (Wildman–Crippen MR) is 96.6 cm³/mol. The zero-order chi connectivity index (χ0) is 16.9. The Bertz CT molecular complexity index is 660. The number of nitrogens with zero attached hydrogens (tertiary/aromatic N) is 2. The number of rotatable bonds is 5.